The van der Waals surface area contributed by atoms with Crippen LogP contribution in [0.5, 0.6) is 0 Å². The Balaban J connectivity index is 2.31. The molecule has 16 heavy (non-hydrogen) atoms. The van der Waals surface area contributed by atoms with Gasteiger partial charge in [0.2, 0.25) is 0 Å². The number of nitrogens with two attached hydrogens (primary N) is 1. The molecule has 2 nitrogen and oxygen atoms in total. The summed E-state index contributed by atoms with van der Waals surface area (Å²) < 4.78 is 24.6. The van der Waals surface area contributed by atoms with Gasteiger partial charge in [-0.15, -0.1) is 0 Å². The third-order valence-electron chi connectivity index (χ3n) is 2.24. The molecule has 0 unspecified atom stereocenters. The Bertz CT molecular complexity index is 463. The quantitative estimate of drug-likeness (QED) is 0.843. The van der Waals surface area contributed by atoms with E-state index in [0.29, 0.717) is 5.69 Å². The molecule has 4 heteroatoms. The van der Waals surface area contributed by atoms with E-state index < -0.39 is 6.43 Å². The average molecular weight is 220 g/mol. The van der Waals surface area contributed by atoms with Crippen LogP contribution in [0.25, 0.3) is 11.3 Å². The number of hydrogen-bond acceptors (Lipinski definition) is 2. The maximum Gasteiger partial charge on any atom is 0.263 e. The van der Waals surface area contributed by atoms with Gasteiger partial charge >= 0.3 is 0 Å². The number of halogens is 2. The highest BCUT2D eigenvalue weighted by Gasteiger charge is 2.06. The number of nitrogen functional groups attached to an aromatic ring is 1. The fraction of sp³-hybridized carbons (Fsp3) is 0.0833. The van der Waals surface area contributed by atoms with Crippen molar-refractivity contribution in [1.82, 2.24) is 4.98 Å². The van der Waals surface area contributed by atoms with Gasteiger partial charge in [0.05, 0.1) is 17.6 Å². The zero-order chi connectivity index (χ0) is 11.5. The zero-order valence-corrected chi connectivity index (χ0v) is 8.40. The number of pyridine rings is 1. The molecule has 0 aliphatic heterocycles. The van der Waals surface area contributed by atoms with Crippen LogP contribution in [0, 0.1) is 0 Å². The molecule has 0 aliphatic rings. The predicted octanol–water partition coefficient (Wildman–Crippen LogP) is 3.27. The molecule has 2 rings (SSSR count). The van der Waals surface area contributed by atoms with Gasteiger partial charge in [-0.2, -0.15) is 0 Å². The van der Waals surface area contributed by atoms with Gasteiger partial charge in [-0.3, -0.25) is 4.98 Å². The molecule has 0 spiro atoms. The monoisotopic (exact) mass is 220 g/mol. The second-order valence-corrected chi connectivity index (χ2v) is 3.40. The first-order valence-corrected chi connectivity index (χ1v) is 4.77. The van der Waals surface area contributed by atoms with Crippen LogP contribution >= 0.6 is 0 Å². The molecule has 2 N–H and O–H groups in total. The van der Waals surface area contributed by atoms with E-state index in [1.54, 1.807) is 24.3 Å². The highest BCUT2D eigenvalue weighted by Crippen LogP contribution is 2.23. The fourth-order valence-corrected chi connectivity index (χ4v) is 1.38. The normalized spacial score (nSPS) is 10.7. The summed E-state index contributed by atoms with van der Waals surface area (Å²) in [5.74, 6) is 0. The minimum atomic E-state index is -2.44. The number of nitrogens with zero attached hydrogens (tertiary/aromatic N) is 1. The van der Waals surface area contributed by atoms with Crippen LogP contribution in [0.1, 0.15) is 12.0 Å². The molecule has 0 fully saturated rings. The lowest BCUT2D eigenvalue weighted by Gasteiger charge is -2.03. The smallest absolute Gasteiger partial charge is 0.263 e. The van der Waals surface area contributed by atoms with Gasteiger partial charge in [0.25, 0.3) is 6.43 Å². The van der Waals surface area contributed by atoms with Crippen molar-refractivity contribution in [3.05, 3.63) is 48.2 Å². The summed E-state index contributed by atoms with van der Waals surface area (Å²) in [4.78, 5) is 4.11. The van der Waals surface area contributed by atoms with Crippen LogP contribution in [-0.4, -0.2) is 4.98 Å². The number of aromatic nitrogens is 1. The number of hydrogen-bond donors (Lipinski definition) is 1. The van der Waals surface area contributed by atoms with E-state index in [1.165, 1.54) is 18.3 Å². The lowest BCUT2D eigenvalue weighted by atomic mass is 10.1. The molecule has 1 heterocycles. The third kappa shape index (κ3) is 2.16. The molecule has 2 aromatic rings. The van der Waals surface area contributed by atoms with Gasteiger partial charge in [0.1, 0.15) is 0 Å². The van der Waals surface area contributed by atoms with Gasteiger partial charge in [-0.1, -0.05) is 24.3 Å². The lowest BCUT2D eigenvalue weighted by Crippen LogP contribution is -1.89. The van der Waals surface area contributed by atoms with Crippen LogP contribution in [0.2, 0.25) is 0 Å². The maximum atomic E-state index is 12.3. The Kier molecular flexibility index (Phi) is 2.81. The molecule has 0 saturated heterocycles. The summed E-state index contributed by atoms with van der Waals surface area (Å²) in [7, 11) is 0. The van der Waals surface area contributed by atoms with E-state index in [-0.39, 0.29) is 5.56 Å². The molecule has 1 aromatic carbocycles. The van der Waals surface area contributed by atoms with Crippen molar-refractivity contribution in [2.24, 2.45) is 0 Å². The molecule has 0 saturated carbocycles. The first-order valence-electron chi connectivity index (χ1n) is 4.77. The van der Waals surface area contributed by atoms with Gasteiger partial charge in [-0.25, -0.2) is 8.78 Å². The summed E-state index contributed by atoms with van der Waals surface area (Å²) in [6.45, 7) is 0. The summed E-state index contributed by atoms with van der Waals surface area (Å²) in [5.41, 5.74) is 7.61. The van der Waals surface area contributed by atoms with Crippen molar-refractivity contribution in [1.29, 1.82) is 0 Å². The van der Waals surface area contributed by atoms with Crippen molar-refractivity contribution in [3.63, 3.8) is 0 Å². The highest BCUT2D eigenvalue weighted by atomic mass is 19.3. The van der Waals surface area contributed by atoms with Crippen LogP contribution in [0.4, 0.5) is 14.5 Å². The minimum Gasteiger partial charge on any atom is -0.397 e. The first kappa shape index (κ1) is 10.5. The van der Waals surface area contributed by atoms with Crippen LogP contribution in [0.15, 0.2) is 42.6 Å². The maximum absolute atomic E-state index is 12.3. The molecular weight excluding hydrogens is 210 g/mol. The third-order valence-corrected chi connectivity index (χ3v) is 2.24. The molecule has 0 amide bonds. The molecule has 82 valence electrons. The fourth-order valence-electron chi connectivity index (χ4n) is 1.38. The molecule has 1 aromatic heterocycles. The molecule has 0 atom stereocenters. The average Bonchev–Trinajstić information content (AvgIpc) is 2.30. The van der Waals surface area contributed by atoms with Gasteiger partial charge in [0.15, 0.2) is 0 Å². The number of alkyl halides is 2. The summed E-state index contributed by atoms with van der Waals surface area (Å²) in [6.07, 6.45) is -0.899. The summed E-state index contributed by atoms with van der Waals surface area (Å²) in [5, 5.41) is 0. The van der Waals surface area contributed by atoms with E-state index in [1.807, 2.05) is 0 Å². The van der Waals surface area contributed by atoms with Crippen LogP contribution in [0.3, 0.4) is 0 Å². The van der Waals surface area contributed by atoms with Crippen molar-refractivity contribution in [2.75, 3.05) is 5.73 Å². The van der Waals surface area contributed by atoms with Gasteiger partial charge in [0, 0.05) is 11.1 Å². The topological polar surface area (TPSA) is 38.9 Å². The van der Waals surface area contributed by atoms with E-state index in [4.69, 9.17) is 5.73 Å². The van der Waals surface area contributed by atoms with E-state index in [0.717, 1.165) is 11.3 Å². The Morgan fingerprint density at radius 2 is 1.69 bits per heavy atom. The predicted molar refractivity (Wildman–Crippen MR) is 59.0 cm³/mol. The number of rotatable bonds is 2. The SMILES string of the molecule is Nc1ccc(-c2ccc(C(F)F)cc2)nc1. The van der Waals surface area contributed by atoms with Crippen LogP contribution < -0.4 is 5.73 Å². The van der Waals surface area contributed by atoms with Gasteiger partial charge in [-0.05, 0) is 12.1 Å². The summed E-state index contributed by atoms with van der Waals surface area (Å²) >= 11 is 0. The first-order chi connectivity index (χ1) is 7.66. The Hall–Kier alpha value is -1.97. The largest absolute Gasteiger partial charge is 0.397 e. The number of anilines is 1. The standard InChI is InChI=1S/C12H10F2N2/c13-12(14)9-3-1-8(2-4-9)11-6-5-10(15)7-16-11/h1-7,12H,15H2. The minimum absolute atomic E-state index is 0.0131. The summed E-state index contributed by atoms with van der Waals surface area (Å²) in [6, 6.07) is 9.53. The Morgan fingerprint density at radius 1 is 1.00 bits per heavy atom. The number of benzene rings is 1. The Labute approximate surface area is 91.7 Å². The van der Waals surface area contributed by atoms with Crippen LogP contribution in [-0.2, 0) is 0 Å². The lowest BCUT2D eigenvalue weighted by molar-refractivity contribution is 0.151. The molecule has 0 bridgehead atoms. The van der Waals surface area contributed by atoms with Crippen molar-refractivity contribution in [3.8, 4) is 11.3 Å². The Morgan fingerprint density at radius 3 is 2.19 bits per heavy atom. The molecular formula is C12H10F2N2. The van der Waals surface area contributed by atoms with Crippen molar-refractivity contribution >= 4 is 5.69 Å². The molecule has 0 aliphatic carbocycles. The highest BCUT2D eigenvalue weighted by molar-refractivity contribution is 5.60. The van der Waals surface area contributed by atoms with E-state index in [9.17, 15) is 8.78 Å². The molecule has 0 radical (unpaired) electrons. The van der Waals surface area contributed by atoms with Crippen molar-refractivity contribution in [2.45, 2.75) is 6.43 Å². The zero-order valence-electron chi connectivity index (χ0n) is 8.40. The van der Waals surface area contributed by atoms with E-state index in [2.05, 4.69) is 4.98 Å². The van der Waals surface area contributed by atoms with Gasteiger partial charge < -0.3 is 5.73 Å². The van der Waals surface area contributed by atoms with Crippen molar-refractivity contribution < 1.29 is 8.78 Å². The second-order valence-electron chi connectivity index (χ2n) is 3.40. The second kappa shape index (κ2) is 4.26. The van der Waals surface area contributed by atoms with E-state index >= 15 is 0 Å².